The number of aryl methyl sites for hydroxylation is 2. The summed E-state index contributed by atoms with van der Waals surface area (Å²) in [5.41, 5.74) is 3.96. The molecule has 2 rings (SSSR count). The van der Waals surface area contributed by atoms with Crippen molar-refractivity contribution in [1.29, 1.82) is 0 Å². The van der Waals surface area contributed by atoms with E-state index in [0.717, 1.165) is 22.8 Å². The summed E-state index contributed by atoms with van der Waals surface area (Å²) in [7, 11) is -1.14. The molecule has 0 spiro atoms. The highest BCUT2D eigenvalue weighted by atomic mass is 28.3. The highest BCUT2D eigenvalue weighted by Crippen LogP contribution is 2.28. The Morgan fingerprint density at radius 3 is 2.71 bits per heavy atom. The van der Waals surface area contributed by atoms with Gasteiger partial charge in [-0.3, -0.25) is 15.0 Å². The molecule has 0 fully saturated rings. The molecule has 0 unspecified atom stereocenters. The lowest BCUT2D eigenvalue weighted by Gasteiger charge is -2.12. The molecule has 0 bridgehead atoms. The first-order valence-electron chi connectivity index (χ1n) is 7.12. The zero-order valence-electron chi connectivity index (χ0n) is 14.0. The SMILES string of the molecule is Cc1ccc(N=CCc2nccnc2C)c(O[SiH](C)C)c1.[H+]. The van der Waals surface area contributed by atoms with Crippen LogP contribution in [0, 0.1) is 13.8 Å². The molecule has 5 heteroatoms. The van der Waals surface area contributed by atoms with Crippen LogP contribution in [0.2, 0.25) is 13.1 Å². The highest BCUT2D eigenvalue weighted by molar-refractivity contribution is 6.49. The van der Waals surface area contributed by atoms with Crippen LogP contribution in [0.1, 0.15) is 18.4 Å². The molecule has 1 aromatic carbocycles. The topological polar surface area (TPSA) is 47.4 Å². The van der Waals surface area contributed by atoms with Crippen molar-refractivity contribution in [2.75, 3.05) is 0 Å². The monoisotopic (exact) mass is 300 g/mol. The third-order valence-electron chi connectivity index (χ3n) is 2.98. The molecule has 2 aromatic rings. The molecule has 0 aliphatic rings. The fraction of sp³-hybridized carbons (Fsp3) is 0.312. The number of aliphatic imine (C=N–C) groups is 1. The summed E-state index contributed by atoms with van der Waals surface area (Å²) >= 11 is 0. The summed E-state index contributed by atoms with van der Waals surface area (Å²) in [6.45, 7) is 8.32. The molecule has 0 atom stereocenters. The van der Waals surface area contributed by atoms with Crippen molar-refractivity contribution in [1.82, 2.24) is 9.97 Å². The van der Waals surface area contributed by atoms with E-state index in [1.807, 2.05) is 25.3 Å². The van der Waals surface area contributed by atoms with E-state index in [4.69, 9.17) is 4.43 Å². The largest absolute Gasteiger partial charge is 1.00 e. The van der Waals surface area contributed by atoms with Crippen LogP contribution in [0.4, 0.5) is 5.69 Å². The van der Waals surface area contributed by atoms with E-state index in [1.54, 1.807) is 12.4 Å². The van der Waals surface area contributed by atoms with Gasteiger partial charge in [0.25, 0.3) is 0 Å². The Kier molecular flexibility index (Phi) is 5.22. The predicted octanol–water partition coefficient (Wildman–Crippen LogP) is 3.51. The summed E-state index contributed by atoms with van der Waals surface area (Å²) in [6.07, 6.45) is 5.96. The minimum Gasteiger partial charge on any atom is -0.546 e. The van der Waals surface area contributed by atoms with Crippen LogP contribution in [-0.4, -0.2) is 25.2 Å². The molecule has 1 heterocycles. The molecule has 0 saturated heterocycles. The second kappa shape index (κ2) is 7.13. The van der Waals surface area contributed by atoms with Gasteiger partial charge in [0.1, 0.15) is 11.4 Å². The Morgan fingerprint density at radius 1 is 1.24 bits per heavy atom. The first-order valence-corrected chi connectivity index (χ1v) is 9.90. The zero-order valence-corrected chi connectivity index (χ0v) is 14.2. The minimum atomic E-state index is -1.14. The summed E-state index contributed by atoms with van der Waals surface area (Å²) in [6, 6.07) is 6.10. The van der Waals surface area contributed by atoms with Gasteiger partial charge in [-0.25, -0.2) is 0 Å². The van der Waals surface area contributed by atoms with Crippen molar-refractivity contribution in [3.63, 3.8) is 0 Å². The van der Waals surface area contributed by atoms with Gasteiger partial charge >= 0.3 is 1.43 Å². The third kappa shape index (κ3) is 4.49. The van der Waals surface area contributed by atoms with Crippen LogP contribution >= 0.6 is 0 Å². The van der Waals surface area contributed by atoms with Crippen molar-refractivity contribution < 1.29 is 5.85 Å². The Bertz CT molecular complexity index is 647. The number of hydrogen-bond acceptors (Lipinski definition) is 4. The molecule has 0 saturated carbocycles. The van der Waals surface area contributed by atoms with E-state index in [0.29, 0.717) is 6.42 Å². The van der Waals surface area contributed by atoms with Crippen LogP contribution in [0.25, 0.3) is 0 Å². The molecule has 1 aromatic heterocycles. The van der Waals surface area contributed by atoms with Gasteiger partial charge in [0.05, 0.1) is 11.4 Å². The number of hydrogen-bond donors (Lipinski definition) is 0. The summed E-state index contributed by atoms with van der Waals surface area (Å²) < 4.78 is 5.95. The Labute approximate surface area is 129 Å². The van der Waals surface area contributed by atoms with Crippen LogP contribution in [0.15, 0.2) is 35.6 Å². The molecular weight excluding hydrogens is 278 g/mol. The number of aromatic nitrogens is 2. The maximum absolute atomic E-state index is 5.95. The number of benzene rings is 1. The lowest BCUT2D eigenvalue weighted by molar-refractivity contribution is 0.581. The molecule has 21 heavy (non-hydrogen) atoms. The highest BCUT2D eigenvalue weighted by Gasteiger charge is 2.05. The maximum Gasteiger partial charge on any atom is 1.00 e. The van der Waals surface area contributed by atoms with Crippen LogP contribution in [0.5, 0.6) is 5.75 Å². The predicted molar refractivity (Wildman–Crippen MR) is 90.4 cm³/mol. The van der Waals surface area contributed by atoms with E-state index in [2.05, 4.69) is 41.0 Å². The second-order valence-corrected chi connectivity index (χ2v) is 7.58. The van der Waals surface area contributed by atoms with E-state index in [1.165, 1.54) is 5.56 Å². The van der Waals surface area contributed by atoms with E-state index >= 15 is 0 Å². The molecule has 0 aliphatic heterocycles. The minimum absolute atomic E-state index is 0. The Morgan fingerprint density at radius 2 is 2.00 bits per heavy atom. The second-order valence-electron chi connectivity index (χ2n) is 5.24. The van der Waals surface area contributed by atoms with Gasteiger partial charge in [-0.05, 0) is 44.6 Å². The molecular formula is C16H22N3OSi+. The zero-order chi connectivity index (χ0) is 15.2. The van der Waals surface area contributed by atoms with E-state index in [-0.39, 0.29) is 1.43 Å². The quantitative estimate of drug-likeness (QED) is 0.627. The van der Waals surface area contributed by atoms with Crippen LogP contribution in [0.3, 0.4) is 0 Å². The molecule has 110 valence electrons. The van der Waals surface area contributed by atoms with Crippen molar-refractivity contribution >= 4 is 20.9 Å². The maximum atomic E-state index is 5.95. The number of nitrogens with zero attached hydrogens (tertiary/aromatic N) is 3. The van der Waals surface area contributed by atoms with E-state index in [9.17, 15) is 0 Å². The molecule has 0 radical (unpaired) electrons. The average Bonchev–Trinajstić information content (AvgIpc) is 2.42. The molecule has 4 nitrogen and oxygen atoms in total. The average molecular weight is 300 g/mol. The standard InChI is InChI=1S/C16H21N3OSi/c1-12-5-6-15(16(11-12)20-21(3)4)18-8-7-14-13(2)17-9-10-19-14/h5-6,8-11,21H,7H2,1-4H3/p+1. The normalized spacial score (nSPS) is 11.3. The fourth-order valence-electron chi connectivity index (χ4n) is 1.94. The smallest absolute Gasteiger partial charge is 0.546 e. The Hall–Kier alpha value is -2.01. The van der Waals surface area contributed by atoms with Gasteiger partial charge in [0, 0.05) is 25.0 Å². The van der Waals surface area contributed by atoms with E-state index < -0.39 is 9.04 Å². The van der Waals surface area contributed by atoms with Gasteiger partial charge in [-0.15, -0.1) is 0 Å². The van der Waals surface area contributed by atoms with Crippen molar-refractivity contribution in [2.45, 2.75) is 33.4 Å². The van der Waals surface area contributed by atoms with Crippen LogP contribution in [-0.2, 0) is 6.42 Å². The van der Waals surface area contributed by atoms with Gasteiger partial charge in [0.15, 0.2) is 0 Å². The van der Waals surface area contributed by atoms with Crippen molar-refractivity contribution in [3.8, 4) is 5.75 Å². The Balaban J connectivity index is 0.00000242. The van der Waals surface area contributed by atoms with Gasteiger partial charge in [0.2, 0.25) is 9.04 Å². The van der Waals surface area contributed by atoms with Crippen molar-refractivity contribution in [2.24, 2.45) is 4.99 Å². The lowest BCUT2D eigenvalue weighted by Crippen LogP contribution is -2.11. The number of rotatable bonds is 5. The van der Waals surface area contributed by atoms with Crippen LogP contribution < -0.4 is 4.43 Å². The first-order chi connectivity index (χ1) is 10.1. The first kappa shape index (κ1) is 15.4. The fourth-order valence-corrected chi connectivity index (χ4v) is 2.64. The summed E-state index contributed by atoms with van der Waals surface area (Å²) in [5, 5.41) is 0. The van der Waals surface area contributed by atoms with Crippen molar-refractivity contribution in [3.05, 3.63) is 47.5 Å². The van der Waals surface area contributed by atoms with Gasteiger partial charge in [-0.1, -0.05) is 6.07 Å². The third-order valence-corrected chi connectivity index (χ3v) is 3.70. The molecule has 0 amide bonds. The summed E-state index contributed by atoms with van der Waals surface area (Å²) in [5.74, 6) is 0.879. The summed E-state index contributed by atoms with van der Waals surface area (Å²) in [4.78, 5) is 13.1. The molecule has 0 N–H and O–H groups in total. The molecule has 0 aliphatic carbocycles. The lowest BCUT2D eigenvalue weighted by atomic mass is 10.2. The van der Waals surface area contributed by atoms with Gasteiger partial charge in [-0.2, -0.15) is 0 Å². The van der Waals surface area contributed by atoms with Gasteiger partial charge < -0.3 is 4.43 Å².